The van der Waals surface area contributed by atoms with Gasteiger partial charge in [0.05, 0.1) is 0 Å². The molecule has 0 spiro atoms. The predicted octanol–water partition coefficient (Wildman–Crippen LogP) is 2.87. The van der Waals surface area contributed by atoms with E-state index in [1.54, 1.807) is 0 Å². The van der Waals surface area contributed by atoms with Gasteiger partial charge < -0.3 is 5.73 Å². The van der Waals surface area contributed by atoms with Crippen molar-refractivity contribution in [2.24, 2.45) is 23.0 Å². The molecule has 1 saturated heterocycles. The average molecular weight is 238 g/mol. The van der Waals surface area contributed by atoms with Crippen molar-refractivity contribution in [3.8, 4) is 0 Å². The average Bonchev–Trinajstić information content (AvgIpc) is 2.54. The standard InChI is InChI=1S/C15H30N2/c1-12-7-13(2)9-17(8-12)15(11-16)6-5-14(3,4)10-15/h12-13H,5-11,16H2,1-4H3. The molecule has 0 aromatic rings. The molecule has 0 aromatic carbocycles. The Kier molecular flexibility index (Phi) is 3.57. The molecule has 3 atom stereocenters. The zero-order valence-corrected chi connectivity index (χ0v) is 12.1. The Morgan fingerprint density at radius 3 is 2.12 bits per heavy atom. The Hall–Kier alpha value is -0.0800. The van der Waals surface area contributed by atoms with Crippen molar-refractivity contribution in [2.75, 3.05) is 19.6 Å². The van der Waals surface area contributed by atoms with E-state index in [1.165, 1.54) is 38.8 Å². The maximum Gasteiger partial charge on any atom is 0.0337 e. The third kappa shape index (κ3) is 2.68. The molecule has 2 nitrogen and oxygen atoms in total. The van der Waals surface area contributed by atoms with E-state index < -0.39 is 0 Å². The lowest BCUT2D eigenvalue weighted by atomic mass is 9.83. The Labute approximate surface area is 107 Å². The highest BCUT2D eigenvalue weighted by Gasteiger charge is 2.47. The van der Waals surface area contributed by atoms with Crippen molar-refractivity contribution < 1.29 is 0 Å². The quantitative estimate of drug-likeness (QED) is 0.801. The minimum Gasteiger partial charge on any atom is -0.329 e. The van der Waals surface area contributed by atoms with Gasteiger partial charge in [-0.25, -0.2) is 0 Å². The molecule has 3 unspecified atom stereocenters. The van der Waals surface area contributed by atoms with E-state index in [-0.39, 0.29) is 0 Å². The van der Waals surface area contributed by atoms with E-state index in [0.717, 1.165) is 18.4 Å². The molecule has 2 fully saturated rings. The van der Waals surface area contributed by atoms with Crippen LogP contribution >= 0.6 is 0 Å². The molecule has 2 rings (SSSR count). The van der Waals surface area contributed by atoms with Crippen LogP contribution in [0.4, 0.5) is 0 Å². The SMILES string of the molecule is CC1CC(C)CN(C2(CN)CCC(C)(C)C2)C1. The normalized spacial score (nSPS) is 42.9. The highest BCUT2D eigenvalue weighted by molar-refractivity contribution is 5.03. The van der Waals surface area contributed by atoms with Crippen LogP contribution in [0.3, 0.4) is 0 Å². The van der Waals surface area contributed by atoms with Gasteiger partial charge >= 0.3 is 0 Å². The number of nitrogens with zero attached hydrogens (tertiary/aromatic N) is 1. The van der Waals surface area contributed by atoms with Gasteiger partial charge in [0.15, 0.2) is 0 Å². The van der Waals surface area contributed by atoms with Crippen molar-refractivity contribution in [2.45, 2.75) is 58.9 Å². The predicted molar refractivity (Wildman–Crippen MR) is 73.9 cm³/mol. The second-order valence-electron chi connectivity index (χ2n) is 7.62. The minimum absolute atomic E-state index is 0.312. The fourth-order valence-corrected chi connectivity index (χ4v) is 4.26. The van der Waals surface area contributed by atoms with Gasteiger partial charge in [0.25, 0.3) is 0 Å². The summed E-state index contributed by atoms with van der Waals surface area (Å²) in [5.41, 5.74) is 6.97. The molecule has 100 valence electrons. The van der Waals surface area contributed by atoms with Crippen molar-refractivity contribution in [1.29, 1.82) is 0 Å². The fourth-order valence-electron chi connectivity index (χ4n) is 4.26. The van der Waals surface area contributed by atoms with Crippen LogP contribution in [-0.2, 0) is 0 Å². The first-order valence-electron chi connectivity index (χ1n) is 7.32. The molecule has 1 saturated carbocycles. The topological polar surface area (TPSA) is 29.3 Å². The van der Waals surface area contributed by atoms with E-state index in [9.17, 15) is 0 Å². The minimum atomic E-state index is 0.312. The number of piperidine rings is 1. The maximum atomic E-state index is 6.17. The molecule has 0 aromatic heterocycles. The summed E-state index contributed by atoms with van der Waals surface area (Å²) in [4.78, 5) is 2.74. The van der Waals surface area contributed by atoms with E-state index >= 15 is 0 Å². The lowest BCUT2D eigenvalue weighted by molar-refractivity contribution is 0.0265. The smallest absolute Gasteiger partial charge is 0.0337 e. The van der Waals surface area contributed by atoms with Gasteiger partial charge in [-0.2, -0.15) is 0 Å². The zero-order chi connectivity index (χ0) is 12.7. The first-order chi connectivity index (χ1) is 7.87. The van der Waals surface area contributed by atoms with Crippen molar-refractivity contribution >= 4 is 0 Å². The van der Waals surface area contributed by atoms with Crippen molar-refractivity contribution in [3.63, 3.8) is 0 Å². The summed E-state index contributed by atoms with van der Waals surface area (Å²) in [5.74, 6) is 1.68. The van der Waals surface area contributed by atoms with Crippen molar-refractivity contribution in [1.82, 2.24) is 4.90 Å². The number of hydrogen-bond donors (Lipinski definition) is 1. The monoisotopic (exact) mass is 238 g/mol. The second kappa shape index (κ2) is 4.55. The number of nitrogens with two attached hydrogens (primary N) is 1. The number of rotatable bonds is 2. The molecule has 1 aliphatic carbocycles. The van der Waals surface area contributed by atoms with Crippen LogP contribution in [0.2, 0.25) is 0 Å². The van der Waals surface area contributed by atoms with Gasteiger partial charge in [-0.15, -0.1) is 0 Å². The van der Waals surface area contributed by atoms with E-state index in [0.29, 0.717) is 11.0 Å². The first-order valence-corrected chi connectivity index (χ1v) is 7.32. The summed E-state index contributed by atoms with van der Waals surface area (Å²) in [7, 11) is 0. The summed E-state index contributed by atoms with van der Waals surface area (Å²) >= 11 is 0. The number of likely N-dealkylation sites (tertiary alicyclic amines) is 1. The van der Waals surface area contributed by atoms with Crippen LogP contribution in [-0.4, -0.2) is 30.1 Å². The van der Waals surface area contributed by atoms with Crippen LogP contribution in [0.5, 0.6) is 0 Å². The zero-order valence-electron chi connectivity index (χ0n) is 12.1. The third-order valence-corrected chi connectivity index (χ3v) is 4.99. The van der Waals surface area contributed by atoms with E-state index in [2.05, 4.69) is 32.6 Å². The van der Waals surface area contributed by atoms with E-state index in [1.807, 2.05) is 0 Å². The van der Waals surface area contributed by atoms with Crippen LogP contribution in [0, 0.1) is 17.3 Å². The van der Waals surface area contributed by atoms with Gasteiger partial charge in [0.2, 0.25) is 0 Å². The molecule has 0 amide bonds. The van der Waals surface area contributed by atoms with Gasteiger partial charge in [0.1, 0.15) is 0 Å². The first kappa shape index (κ1) is 13.4. The largest absolute Gasteiger partial charge is 0.329 e. The lowest BCUT2D eigenvalue weighted by Crippen LogP contribution is -2.57. The van der Waals surface area contributed by atoms with Crippen LogP contribution in [0.1, 0.15) is 53.4 Å². The van der Waals surface area contributed by atoms with Crippen LogP contribution < -0.4 is 5.73 Å². The summed E-state index contributed by atoms with van der Waals surface area (Å²) < 4.78 is 0. The van der Waals surface area contributed by atoms with Crippen LogP contribution in [0.25, 0.3) is 0 Å². The van der Waals surface area contributed by atoms with Gasteiger partial charge in [-0.1, -0.05) is 27.7 Å². The van der Waals surface area contributed by atoms with Crippen LogP contribution in [0.15, 0.2) is 0 Å². The molecule has 17 heavy (non-hydrogen) atoms. The fraction of sp³-hybridized carbons (Fsp3) is 1.00. The molecule has 2 aliphatic rings. The Balaban J connectivity index is 2.13. The number of hydrogen-bond acceptors (Lipinski definition) is 2. The van der Waals surface area contributed by atoms with E-state index in [4.69, 9.17) is 5.73 Å². The second-order valence-corrected chi connectivity index (χ2v) is 7.62. The summed E-state index contributed by atoms with van der Waals surface area (Å²) in [6, 6.07) is 0. The molecule has 2 heteroatoms. The summed E-state index contributed by atoms with van der Waals surface area (Å²) in [6.45, 7) is 13.0. The Morgan fingerprint density at radius 1 is 1.12 bits per heavy atom. The molecule has 1 heterocycles. The highest BCUT2D eigenvalue weighted by atomic mass is 15.2. The summed E-state index contributed by atoms with van der Waals surface area (Å²) in [6.07, 6.45) is 5.32. The Bertz CT molecular complexity index is 264. The van der Waals surface area contributed by atoms with Gasteiger partial charge in [0, 0.05) is 25.2 Å². The van der Waals surface area contributed by atoms with Crippen molar-refractivity contribution in [3.05, 3.63) is 0 Å². The molecule has 0 bridgehead atoms. The molecule has 2 N–H and O–H groups in total. The maximum absolute atomic E-state index is 6.17. The lowest BCUT2D eigenvalue weighted by Gasteiger charge is -2.47. The molecule has 1 aliphatic heterocycles. The van der Waals surface area contributed by atoms with Gasteiger partial charge in [-0.3, -0.25) is 4.90 Å². The highest BCUT2D eigenvalue weighted by Crippen LogP contribution is 2.47. The molecular formula is C15H30N2. The third-order valence-electron chi connectivity index (χ3n) is 4.99. The summed E-state index contributed by atoms with van der Waals surface area (Å²) in [5, 5.41) is 0. The molecular weight excluding hydrogens is 208 g/mol. The Morgan fingerprint density at radius 2 is 1.71 bits per heavy atom. The van der Waals surface area contributed by atoms with Gasteiger partial charge in [-0.05, 0) is 42.9 Å². The molecule has 0 radical (unpaired) electrons.